The molecule has 0 aliphatic carbocycles. The average Bonchev–Trinajstić information content (AvgIpc) is 2.56. The number of rotatable bonds is 3. The van der Waals surface area contributed by atoms with Gasteiger partial charge in [0.05, 0.1) is 26.4 Å². The topological polar surface area (TPSA) is 62.8 Å². The van der Waals surface area contributed by atoms with Crippen molar-refractivity contribution in [1.29, 1.82) is 0 Å². The summed E-state index contributed by atoms with van der Waals surface area (Å²) in [6.45, 7) is 4.26. The molecule has 9 heteroatoms. The van der Waals surface area contributed by atoms with Gasteiger partial charge >= 0.3 is 0 Å². The fourth-order valence-electron chi connectivity index (χ4n) is 2.61. The fraction of sp³-hybridized carbons (Fsp3) is 0.533. The zero-order chi connectivity index (χ0) is 15.4. The second-order valence-corrected chi connectivity index (χ2v) is 5.37. The molecule has 2 saturated heterocycles. The van der Waals surface area contributed by atoms with Gasteiger partial charge in [0.2, 0.25) is 5.91 Å². The highest BCUT2D eigenvalue weighted by atomic mass is 35.5. The van der Waals surface area contributed by atoms with Gasteiger partial charge in [-0.3, -0.25) is 4.79 Å². The second kappa shape index (κ2) is 10.0. The summed E-state index contributed by atoms with van der Waals surface area (Å²) in [5, 5.41) is 5.83. The summed E-state index contributed by atoms with van der Waals surface area (Å²) >= 11 is 0. The molecule has 1 amide bonds. The molecule has 6 nitrogen and oxygen atoms in total. The van der Waals surface area contributed by atoms with E-state index in [2.05, 4.69) is 10.6 Å². The van der Waals surface area contributed by atoms with Crippen LogP contribution in [0, 0.1) is 5.82 Å². The van der Waals surface area contributed by atoms with Crippen molar-refractivity contribution in [3.63, 3.8) is 0 Å². The molecule has 0 radical (unpaired) electrons. The SMILES string of the molecule is Cl.Cl.O=C(Nc1cc(F)cc(N2CCOCC2)c1)C1COCCN1. The Labute approximate surface area is 152 Å². The molecule has 0 aromatic heterocycles. The van der Waals surface area contributed by atoms with Gasteiger partial charge in [0, 0.05) is 31.0 Å². The molecule has 3 rings (SSSR count). The largest absolute Gasteiger partial charge is 0.378 e. The van der Waals surface area contributed by atoms with Gasteiger partial charge in [-0.1, -0.05) is 0 Å². The average molecular weight is 382 g/mol. The Morgan fingerprint density at radius 2 is 1.92 bits per heavy atom. The van der Waals surface area contributed by atoms with E-state index in [1.165, 1.54) is 12.1 Å². The third kappa shape index (κ3) is 5.46. The number of halogens is 3. The Hall–Kier alpha value is -1.12. The summed E-state index contributed by atoms with van der Waals surface area (Å²) in [7, 11) is 0. The lowest BCUT2D eigenvalue weighted by Crippen LogP contribution is -2.48. The number of anilines is 2. The monoisotopic (exact) mass is 381 g/mol. The molecule has 136 valence electrons. The van der Waals surface area contributed by atoms with Crippen LogP contribution in [0.15, 0.2) is 18.2 Å². The standard InChI is InChI=1S/C15H20FN3O3.2ClH/c16-11-7-12(18-15(20)14-10-22-4-1-17-14)9-13(8-11)19-2-5-21-6-3-19;;/h7-9,14,17H,1-6,10H2,(H,18,20);2*1H. The number of carbonyl (C=O) groups is 1. The summed E-state index contributed by atoms with van der Waals surface area (Å²) < 4.78 is 24.4. The van der Waals surface area contributed by atoms with Crippen LogP contribution < -0.4 is 15.5 Å². The molecule has 0 saturated carbocycles. The van der Waals surface area contributed by atoms with Crippen molar-refractivity contribution in [3.05, 3.63) is 24.0 Å². The van der Waals surface area contributed by atoms with Crippen molar-refractivity contribution in [1.82, 2.24) is 5.32 Å². The summed E-state index contributed by atoms with van der Waals surface area (Å²) in [6.07, 6.45) is 0. The molecule has 2 fully saturated rings. The van der Waals surface area contributed by atoms with Crippen molar-refractivity contribution < 1.29 is 18.7 Å². The van der Waals surface area contributed by atoms with E-state index < -0.39 is 6.04 Å². The molecule has 0 spiro atoms. The maximum absolute atomic E-state index is 13.8. The van der Waals surface area contributed by atoms with E-state index in [-0.39, 0.29) is 36.5 Å². The van der Waals surface area contributed by atoms with Crippen LogP contribution >= 0.6 is 24.8 Å². The Bertz CT molecular complexity index is 539. The Kier molecular flexibility index (Phi) is 8.72. The highest BCUT2D eigenvalue weighted by Gasteiger charge is 2.22. The lowest BCUT2D eigenvalue weighted by atomic mass is 10.2. The Balaban J connectivity index is 0.00000144. The first-order valence-corrected chi connectivity index (χ1v) is 7.48. The van der Waals surface area contributed by atoms with Gasteiger partial charge in [-0.05, 0) is 18.2 Å². The third-order valence-corrected chi connectivity index (χ3v) is 3.76. The number of hydrogen-bond acceptors (Lipinski definition) is 5. The molecule has 2 aliphatic rings. The highest BCUT2D eigenvalue weighted by molar-refractivity contribution is 5.95. The predicted molar refractivity (Wildman–Crippen MR) is 95.2 cm³/mol. The van der Waals surface area contributed by atoms with Crippen LogP contribution in [0.4, 0.5) is 15.8 Å². The molecule has 1 aromatic carbocycles. The van der Waals surface area contributed by atoms with Crippen LogP contribution in [0.5, 0.6) is 0 Å². The van der Waals surface area contributed by atoms with Gasteiger partial charge in [-0.15, -0.1) is 24.8 Å². The zero-order valence-electron chi connectivity index (χ0n) is 13.1. The number of hydrogen-bond donors (Lipinski definition) is 2. The molecule has 1 unspecified atom stereocenters. The van der Waals surface area contributed by atoms with Crippen molar-refractivity contribution in [2.45, 2.75) is 6.04 Å². The van der Waals surface area contributed by atoms with E-state index in [0.29, 0.717) is 38.7 Å². The summed E-state index contributed by atoms with van der Waals surface area (Å²) in [5.41, 5.74) is 1.21. The first-order chi connectivity index (χ1) is 10.7. The summed E-state index contributed by atoms with van der Waals surface area (Å²) in [5.74, 6) is -0.578. The first-order valence-electron chi connectivity index (χ1n) is 7.48. The number of morpholine rings is 2. The second-order valence-electron chi connectivity index (χ2n) is 5.37. The molecule has 2 heterocycles. The number of benzene rings is 1. The van der Waals surface area contributed by atoms with Crippen LogP contribution in [0.25, 0.3) is 0 Å². The maximum Gasteiger partial charge on any atom is 0.243 e. The zero-order valence-corrected chi connectivity index (χ0v) is 14.8. The van der Waals surface area contributed by atoms with E-state index in [9.17, 15) is 9.18 Å². The van der Waals surface area contributed by atoms with E-state index in [0.717, 1.165) is 18.8 Å². The minimum absolute atomic E-state index is 0. The van der Waals surface area contributed by atoms with E-state index in [1.54, 1.807) is 6.07 Å². The first kappa shape index (κ1) is 20.9. The van der Waals surface area contributed by atoms with Crippen molar-refractivity contribution in [2.24, 2.45) is 0 Å². The normalized spacial score (nSPS) is 20.5. The maximum atomic E-state index is 13.8. The van der Waals surface area contributed by atoms with E-state index in [4.69, 9.17) is 9.47 Å². The molecule has 24 heavy (non-hydrogen) atoms. The predicted octanol–water partition coefficient (Wildman–Crippen LogP) is 1.43. The van der Waals surface area contributed by atoms with Crippen molar-refractivity contribution in [2.75, 3.05) is 56.3 Å². The van der Waals surface area contributed by atoms with Crippen LogP contribution in [-0.4, -0.2) is 58.0 Å². The van der Waals surface area contributed by atoms with E-state index >= 15 is 0 Å². The number of ether oxygens (including phenoxy) is 2. The quantitative estimate of drug-likeness (QED) is 0.829. The van der Waals surface area contributed by atoms with Crippen LogP contribution in [-0.2, 0) is 14.3 Å². The fourth-order valence-corrected chi connectivity index (χ4v) is 2.61. The minimum atomic E-state index is -0.399. The van der Waals surface area contributed by atoms with Gasteiger partial charge in [-0.25, -0.2) is 4.39 Å². The smallest absolute Gasteiger partial charge is 0.243 e. The third-order valence-electron chi connectivity index (χ3n) is 3.76. The lowest BCUT2D eigenvalue weighted by Gasteiger charge is -2.29. The highest BCUT2D eigenvalue weighted by Crippen LogP contribution is 2.23. The van der Waals surface area contributed by atoms with Crippen molar-refractivity contribution in [3.8, 4) is 0 Å². The molecule has 1 atom stereocenters. The Morgan fingerprint density at radius 1 is 1.17 bits per heavy atom. The lowest BCUT2D eigenvalue weighted by molar-refractivity contribution is -0.120. The van der Waals surface area contributed by atoms with Gasteiger partial charge < -0.3 is 25.0 Å². The van der Waals surface area contributed by atoms with Gasteiger partial charge in [-0.2, -0.15) is 0 Å². The van der Waals surface area contributed by atoms with Crippen LogP contribution in [0.3, 0.4) is 0 Å². The van der Waals surface area contributed by atoms with Gasteiger partial charge in [0.15, 0.2) is 0 Å². The number of nitrogens with one attached hydrogen (secondary N) is 2. The molecule has 2 aliphatic heterocycles. The minimum Gasteiger partial charge on any atom is -0.378 e. The summed E-state index contributed by atoms with van der Waals surface area (Å²) in [6, 6.07) is 4.19. The van der Waals surface area contributed by atoms with Crippen molar-refractivity contribution >= 4 is 42.1 Å². The number of carbonyl (C=O) groups excluding carboxylic acids is 1. The summed E-state index contributed by atoms with van der Waals surface area (Å²) in [4.78, 5) is 14.2. The molecular formula is C15H22Cl2FN3O3. The molecule has 1 aromatic rings. The number of nitrogens with zero attached hydrogens (tertiary/aromatic N) is 1. The Morgan fingerprint density at radius 3 is 2.58 bits per heavy atom. The van der Waals surface area contributed by atoms with Crippen LogP contribution in [0.1, 0.15) is 0 Å². The number of amides is 1. The molecule has 0 bridgehead atoms. The molecular weight excluding hydrogens is 360 g/mol. The van der Waals surface area contributed by atoms with Gasteiger partial charge in [0.25, 0.3) is 0 Å². The van der Waals surface area contributed by atoms with Gasteiger partial charge in [0.1, 0.15) is 11.9 Å². The molecule has 2 N–H and O–H groups in total. The van der Waals surface area contributed by atoms with E-state index in [1.807, 2.05) is 4.90 Å². The van der Waals surface area contributed by atoms with Crippen LogP contribution in [0.2, 0.25) is 0 Å².